The van der Waals surface area contributed by atoms with Gasteiger partial charge in [-0.25, -0.2) is 0 Å². The van der Waals surface area contributed by atoms with Crippen LogP contribution in [-0.2, 0) is 0 Å². The first-order valence-electron chi connectivity index (χ1n) is 5.07. The van der Waals surface area contributed by atoms with Crippen LogP contribution in [0.2, 0.25) is 0 Å². The van der Waals surface area contributed by atoms with Crippen LogP contribution in [0.1, 0.15) is 25.7 Å². The van der Waals surface area contributed by atoms with Crippen molar-refractivity contribution in [3.63, 3.8) is 0 Å². The maximum Gasteiger partial charge on any atom is 0.0192 e. The molecule has 0 amide bonds. The Bertz CT molecular complexity index is 169. The van der Waals surface area contributed by atoms with Crippen molar-refractivity contribution in [1.82, 2.24) is 10.6 Å². The number of piperidine rings is 1. The van der Waals surface area contributed by atoms with Gasteiger partial charge >= 0.3 is 0 Å². The number of rotatable bonds is 4. The number of hydrogen-bond donors (Lipinski definition) is 2. The Hall–Kier alpha value is -0.340. The molecule has 0 bridgehead atoms. The van der Waals surface area contributed by atoms with E-state index >= 15 is 0 Å². The summed E-state index contributed by atoms with van der Waals surface area (Å²) in [6.45, 7) is 3.49. The first kappa shape index (κ1) is 8.27. The molecular formula is C10H18N2. The fourth-order valence-corrected chi connectivity index (χ4v) is 1.72. The summed E-state index contributed by atoms with van der Waals surface area (Å²) in [5.41, 5.74) is 1.59. The highest BCUT2D eigenvalue weighted by atomic mass is 15.0. The lowest BCUT2D eigenvalue weighted by Gasteiger charge is -2.23. The Labute approximate surface area is 74.4 Å². The summed E-state index contributed by atoms with van der Waals surface area (Å²) in [4.78, 5) is 0. The van der Waals surface area contributed by atoms with Crippen LogP contribution < -0.4 is 10.6 Å². The molecule has 12 heavy (non-hydrogen) atoms. The summed E-state index contributed by atoms with van der Waals surface area (Å²) in [7, 11) is 0. The molecule has 2 N–H and O–H groups in total. The van der Waals surface area contributed by atoms with Gasteiger partial charge in [-0.05, 0) is 25.8 Å². The van der Waals surface area contributed by atoms with Crippen molar-refractivity contribution in [2.24, 2.45) is 0 Å². The van der Waals surface area contributed by atoms with E-state index in [2.05, 4.69) is 16.7 Å². The topological polar surface area (TPSA) is 24.1 Å². The van der Waals surface area contributed by atoms with E-state index in [-0.39, 0.29) is 0 Å². The maximum absolute atomic E-state index is 3.53. The first-order valence-corrected chi connectivity index (χ1v) is 5.07. The van der Waals surface area contributed by atoms with Crippen LogP contribution in [0.4, 0.5) is 0 Å². The standard InChI is InChI=1S/C10H18N2/c1-2-6-12-10(3-1)8-11-7-9-4-5-9/h4,10-12H,1-3,5-8H2. The van der Waals surface area contributed by atoms with E-state index < -0.39 is 0 Å². The zero-order valence-electron chi connectivity index (χ0n) is 7.60. The Kier molecular flexibility index (Phi) is 2.79. The van der Waals surface area contributed by atoms with Gasteiger partial charge in [0.05, 0.1) is 0 Å². The predicted molar refractivity (Wildman–Crippen MR) is 51.2 cm³/mol. The molecule has 68 valence electrons. The van der Waals surface area contributed by atoms with Gasteiger partial charge in [0.2, 0.25) is 0 Å². The summed E-state index contributed by atoms with van der Waals surface area (Å²) in [6, 6.07) is 0.734. The van der Waals surface area contributed by atoms with Crippen LogP contribution in [-0.4, -0.2) is 25.7 Å². The van der Waals surface area contributed by atoms with E-state index in [4.69, 9.17) is 0 Å². The molecule has 2 heteroatoms. The maximum atomic E-state index is 3.53. The third-order valence-electron chi connectivity index (χ3n) is 2.65. The number of allylic oxidation sites excluding steroid dienone is 1. The van der Waals surface area contributed by atoms with E-state index in [0.717, 1.165) is 19.1 Å². The molecular weight excluding hydrogens is 148 g/mol. The number of hydrogen-bond acceptors (Lipinski definition) is 2. The van der Waals surface area contributed by atoms with E-state index in [9.17, 15) is 0 Å². The molecule has 0 spiro atoms. The Balaban J connectivity index is 1.55. The highest BCUT2D eigenvalue weighted by molar-refractivity contribution is 5.23. The summed E-state index contributed by atoms with van der Waals surface area (Å²) in [5.74, 6) is 0. The minimum atomic E-state index is 0.734. The SMILES string of the molecule is C1=C(CNCC2CCCCN2)C1. The van der Waals surface area contributed by atoms with Crippen molar-refractivity contribution >= 4 is 0 Å². The molecule has 2 nitrogen and oxygen atoms in total. The molecule has 0 aromatic heterocycles. The molecule has 1 atom stereocenters. The van der Waals surface area contributed by atoms with Crippen molar-refractivity contribution in [2.75, 3.05) is 19.6 Å². The second kappa shape index (κ2) is 4.06. The highest BCUT2D eigenvalue weighted by Gasteiger charge is 2.12. The van der Waals surface area contributed by atoms with Gasteiger partial charge in [-0.2, -0.15) is 0 Å². The Morgan fingerprint density at radius 1 is 1.50 bits per heavy atom. The van der Waals surface area contributed by atoms with Crippen LogP contribution in [0.15, 0.2) is 11.6 Å². The van der Waals surface area contributed by atoms with E-state index in [0.29, 0.717) is 0 Å². The monoisotopic (exact) mass is 166 g/mol. The molecule has 0 aromatic rings. The van der Waals surface area contributed by atoms with Gasteiger partial charge in [-0.3, -0.25) is 0 Å². The van der Waals surface area contributed by atoms with E-state index in [1.807, 2.05) is 0 Å². The average Bonchev–Trinajstić information content (AvgIpc) is 2.90. The van der Waals surface area contributed by atoms with Crippen molar-refractivity contribution in [3.8, 4) is 0 Å². The van der Waals surface area contributed by atoms with E-state index in [1.165, 1.54) is 32.2 Å². The third kappa shape index (κ3) is 2.61. The molecule has 1 fully saturated rings. The lowest BCUT2D eigenvalue weighted by molar-refractivity contribution is 0.388. The molecule has 0 saturated carbocycles. The summed E-state index contributed by atoms with van der Waals surface area (Å²) in [5, 5.41) is 7.02. The number of nitrogens with one attached hydrogen (secondary N) is 2. The van der Waals surface area contributed by atoms with Crippen molar-refractivity contribution in [3.05, 3.63) is 11.6 Å². The molecule has 0 radical (unpaired) electrons. The van der Waals surface area contributed by atoms with Crippen LogP contribution >= 0.6 is 0 Å². The summed E-state index contributed by atoms with van der Waals surface area (Å²) >= 11 is 0. The van der Waals surface area contributed by atoms with Gasteiger partial charge in [0, 0.05) is 19.1 Å². The van der Waals surface area contributed by atoms with Gasteiger partial charge in [0.15, 0.2) is 0 Å². The average molecular weight is 166 g/mol. The van der Waals surface area contributed by atoms with Crippen molar-refractivity contribution < 1.29 is 0 Å². The second-order valence-electron chi connectivity index (χ2n) is 3.84. The van der Waals surface area contributed by atoms with Gasteiger partial charge < -0.3 is 10.6 Å². The molecule has 1 saturated heterocycles. The third-order valence-corrected chi connectivity index (χ3v) is 2.65. The summed E-state index contributed by atoms with van der Waals surface area (Å²) < 4.78 is 0. The predicted octanol–water partition coefficient (Wildman–Crippen LogP) is 1.05. The van der Waals surface area contributed by atoms with Crippen molar-refractivity contribution in [2.45, 2.75) is 31.7 Å². The van der Waals surface area contributed by atoms with Gasteiger partial charge in [-0.15, -0.1) is 0 Å². The zero-order valence-corrected chi connectivity index (χ0v) is 7.60. The lowest BCUT2D eigenvalue weighted by Crippen LogP contribution is -2.41. The minimum absolute atomic E-state index is 0.734. The van der Waals surface area contributed by atoms with Gasteiger partial charge in [0.25, 0.3) is 0 Å². The molecule has 0 aromatic carbocycles. The van der Waals surface area contributed by atoms with Gasteiger partial charge in [-0.1, -0.05) is 18.1 Å². The molecule has 1 heterocycles. The van der Waals surface area contributed by atoms with Crippen LogP contribution in [0.25, 0.3) is 0 Å². The normalized spacial score (nSPS) is 28.3. The zero-order chi connectivity index (χ0) is 8.23. The molecule has 1 aliphatic heterocycles. The van der Waals surface area contributed by atoms with Crippen LogP contribution in [0.5, 0.6) is 0 Å². The molecule has 1 aliphatic carbocycles. The molecule has 2 aliphatic rings. The largest absolute Gasteiger partial charge is 0.313 e. The molecule has 2 rings (SSSR count). The van der Waals surface area contributed by atoms with Gasteiger partial charge in [0.1, 0.15) is 0 Å². The quantitative estimate of drug-likeness (QED) is 0.610. The van der Waals surface area contributed by atoms with E-state index in [1.54, 1.807) is 5.57 Å². The smallest absolute Gasteiger partial charge is 0.0192 e. The highest BCUT2D eigenvalue weighted by Crippen LogP contribution is 2.16. The molecule has 1 unspecified atom stereocenters. The van der Waals surface area contributed by atoms with Crippen LogP contribution in [0, 0.1) is 0 Å². The fourth-order valence-electron chi connectivity index (χ4n) is 1.72. The lowest BCUT2D eigenvalue weighted by atomic mass is 10.1. The Morgan fingerprint density at radius 2 is 2.42 bits per heavy atom. The van der Waals surface area contributed by atoms with Crippen molar-refractivity contribution in [1.29, 1.82) is 0 Å². The Morgan fingerprint density at radius 3 is 3.08 bits per heavy atom. The first-order chi connectivity index (χ1) is 5.95. The second-order valence-corrected chi connectivity index (χ2v) is 3.84. The van der Waals surface area contributed by atoms with Crippen LogP contribution in [0.3, 0.4) is 0 Å². The summed E-state index contributed by atoms with van der Waals surface area (Å²) in [6.07, 6.45) is 7.67. The minimum Gasteiger partial charge on any atom is -0.313 e. The fraction of sp³-hybridized carbons (Fsp3) is 0.800.